The number of aromatic nitrogens is 6. The summed E-state index contributed by atoms with van der Waals surface area (Å²) in [6, 6.07) is 11.4. The molecule has 0 bridgehead atoms. The van der Waals surface area contributed by atoms with Crippen LogP contribution in [0, 0.1) is 0 Å². The van der Waals surface area contributed by atoms with Crippen LogP contribution in [0.4, 0.5) is 5.82 Å². The van der Waals surface area contributed by atoms with Gasteiger partial charge in [0.15, 0.2) is 5.82 Å². The lowest BCUT2D eigenvalue weighted by Crippen LogP contribution is -2.31. The molecule has 136 valence electrons. The molecular weight excluding hydrogens is 344 g/mol. The van der Waals surface area contributed by atoms with E-state index >= 15 is 0 Å². The Morgan fingerprint density at radius 1 is 1.07 bits per heavy atom. The largest absolute Gasteiger partial charge is 0.368 e. The quantitative estimate of drug-likeness (QED) is 0.480. The first-order valence-electron chi connectivity index (χ1n) is 8.52. The van der Waals surface area contributed by atoms with E-state index in [-0.39, 0.29) is 12.5 Å². The first kappa shape index (κ1) is 16.7. The maximum atomic E-state index is 12.2. The van der Waals surface area contributed by atoms with E-state index in [4.69, 9.17) is 0 Å². The minimum absolute atomic E-state index is 0.0696. The smallest absolute Gasteiger partial charge is 0.240 e. The SMILES string of the molecule is O=C(Cn1cnc2ccccc21)NCCNc1cc(-n2cccn2)ncn1. The Morgan fingerprint density at radius 2 is 2.00 bits per heavy atom. The van der Waals surface area contributed by atoms with Crippen LogP contribution in [0.5, 0.6) is 0 Å². The van der Waals surface area contributed by atoms with Gasteiger partial charge in [0.05, 0.1) is 17.4 Å². The average molecular weight is 362 g/mol. The van der Waals surface area contributed by atoms with E-state index in [1.165, 1.54) is 6.33 Å². The van der Waals surface area contributed by atoms with Crippen molar-refractivity contribution in [3.63, 3.8) is 0 Å². The Hall–Kier alpha value is -3.75. The Kier molecular flexibility index (Phi) is 4.73. The van der Waals surface area contributed by atoms with Gasteiger partial charge in [0.2, 0.25) is 5.91 Å². The summed E-state index contributed by atoms with van der Waals surface area (Å²) in [7, 11) is 0. The fraction of sp³-hybridized carbons (Fsp3) is 0.167. The van der Waals surface area contributed by atoms with E-state index in [9.17, 15) is 4.79 Å². The van der Waals surface area contributed by atoms with Crippen molar-refractivity contribution < 1.29 is 4.79 Å². The van der Waals surface area contributed by atoms with Gasteiger partial charge in [-0.3, -0.25) is 4.79 Å². The van der Waals surface area contributed by atoms with Crippen LogP contribution in [0.25, 0.3) is 16.9 Å². The lowest BCUT2D eigenvalue weighted by atomic mass is 10.3. The van der Waals surface area contributed by atoms with Gasteiger partial charge in [-0.1, -0.05) is 12.1 Å². The van der Waals surface area contributed by atoms with Crippen LogP contribution in [-0.4, -0.2) is 48.3 Å². The van der Waals surface area contributed by atoms with Crippen LogP contribution in [0.1, 0.15) is 0 Å². The van der Waals surface area contributed by atoms with Gasteiger partial charge in [0, 0.05) is 31.5 Å². The molecule has 0 unspecified atom stereocenters. The number of fused-ring (bicyclic) bond motifs is 1. The van der Waals surface area contributed by atoms with Crippen molar-refractivity contribution in [2.75, 3.05) is 18.4 Å². The molecule has 0 saturated heterocycles. The number of hydrogen-bond donors (Lipinski definition) is 2. The van der Waals surface area contributed by atoms with E-state index in [1.807, 2.05) is 41.1 Å². The number of hydrogen-bond acceptors (Lipinski definition) is 6. The summed E-state index contributed by atoms with van der Waals surface area (Å²) in [5.74, 6) is 1.28. The fourth-order valence-electron chi connectivity index (χ4n) is 2.71. The number of para-hydroxylation sites is 2. The number of anilines is 1. The van der Waals surface area contributed by atoms with Crippen molar-refractivity contribution >= 4 is 22.8 Å². The maximum Gasteiger partial charge on any atom is 0.240 e. The summed E-state index contributed by atoms with van der Waals surface area (Å²) in [6.07, 6.45) is 6.66. The van der Waals surface area contributed by atoms with Crippen LogP contribution in [-0.2, 0) is 11.3 Å². The normalized spacial score (nSPS) is 10.8. The predicted molar refractivity (Wildman–Crippen MR) is 100 cm³/mol. The van der Waals surface area contributed by atoms with Crippen LogP contribution in [0.3, 0.4) is 0 Å². The van der Waals surface area contributed by atoms with Crippen molar-refractivity contribution in [1.29, 1.82) is 0 Å². The highest BCUT2D eigenvalue weighted by Gasteiger charge is 2.06. The maximum absolute atomic E-state index is 12.2. The number of nitrogens with one attached hydrogen (secondary N) is 2. The molecule has 0 atom stereocenters. The van der Waals surface area contributed by atoms with Crippen molar-refractivity contribution in [3.05, 3.63) is 61.4 Å². The second kappa shape index (κ2) is 7.65. The van der Waals surface area contributed by atoms with Gasteiger partial charge in [-0.15, -0.1) is 0 Å². The topological polar surface area (TPSA) is 103 Å². The molecule has 0 saturated carbocycles. The van der Waals surface area contributed by atoms with Crippen molar-refractivity contribution in [2.45, 2.75) is 6.54 Å². The number of carbonyl (C=O) groups is 1. The van der Waals surface area contributed by atoms with Gasteiger partial charge in [0.25, 0.3) is 0 Å². The zero-order chi connectivity index (χ0) is 18.5. The van der Waals surface area contributed by atoms with E-state index in [0.29, 0.717) is 24.7 Å². The van der Waals surface area contributed by atoms with E-state index < -0.39 is 0 Å². The average Bonchev–Trinajstić information content (AvgIpc) is 3.36. The molecule has 0 aliphatic rings. The summed E-state index contributed by atoms with van der Waals surface area (Å²) in [6.45, 7) is 1.26. The Bertz CT molecular complexity index is 1040. The zero-order valence-electron chi connectivity index (χ0n) is 14.5. The van der Waals surface area contributed by atoms with Gasteiger partial charge in [-0.2, -0.15) is 5.10 Å². The number of amides is 1. The zero-order valence-corrected chi connectivity index (χ0v) is 14.5. The molecule has 0 fully saturated rings. The van der Waals surface area contributed by atoms with Crippen LogP contribution < -0.4 is 10.6 Å². The first-order chi connectivity index (χ1) is 13.3. The van der Waals surface area contributed by atoms with E-state index in [2.05, 4.69) is 30.7 Å². The summed E-state index contributed by atoms with van der Waals surface area (Å²) in [4.78, 5) is 24.8. The van der Waals surface area contributed by atoms with Crippen molar-refractivity contribution in [1.82, 2.24) is 34.6 Å². The minimum atomic E-state index is -0.0696. The molecule has 9 heteroatoms. The molecule has 3 aromatic heterocycles. The van der Waals surface area contributed by atoms with Crippen molar-refractivity contribution in [2.24, 2.45) is 0 Å². The number of rotatable bonds is 7. The molecule has 3 heterocycles. The molecule has 4 aromatic rings. The highest BCUT2D eigenvalue weighted by atomic mass is 16.1. The third kappa shape index (κ3) is 3.92. The lowest BCUT2D eigenvalue weighted by Gasteiger charge is -2.09. The van der Waals surface area contributed by atoms with Gasteiger partial charge in [0.1, 0.15) is 18.7 Å². The Balaban J connectivity index is 1.26. The molecule has 4 rings (SSSR count). The number of benzene rings is 1. The highest BCUT2D eigenvalue weighted by molar-refractivity contribution is 5.80. The molecule has 9 nitrogen and oxygen atoms in total. The second-order valence-electron chi connectivity index (χ2n) is 5.85. The monoisotopic (exact) mass is 362 g/mol. The van der Waals surface area contributed by atoms with Crippen LogP contribution in [0.2, 0.25) is 0 Å². The molecular formula is C18H18N8O. The van der Waals surface area contributed by atoms with Gasteiger partial charge in [-0.05, 0) is 18.2 Å². The van der Waals surface area contributed by atoms with Gasteiger partial charge < -0.3 is 15.2 Å². The molecule has 0 aliphatic carbocycles. The number of carbonyl (C=O) groups excluding carboxylic acids is 1. The molecule has 1 amide bonds. The van der Waals surface area contributed by atoms with Gasteiger partial charge in [-0.25, -0.2) is 19.6 Å². The molecule has 27 heavy (non-hydrogen) atoms. The van der Waals surface area contributed by atoms with Crippen molar-refractivity contribution in [3.8, 4) is 5.82 Å². The first-order valence-corrected chi connectivity index (χ1v) is 8.52. The van der Waals surface area contributed by atoms with Gasteiger partial charge >= 0.3 is 0 Å². The fourth-order valence-corrected chi connectivity index (χ4v) is 2.71. The minimum Gasteiger partial charge on any atom is -0.368 e. The molecule has 0 radical (unpaired) electrons. The predicted octanol–water partition coefficient (Wildman–Crippen LogP) is 1.24. The highest BCUT2D eigenvalue weighted by Crippen LogP contribution is 2.11. The Morgan fingerprint density at radius 3 is 2.89 bits per heavy atom. The third-order valence-electron chi connectivity index (χ3n) is 3.99. The second-order valence-corrected chi connectivity index (χ2v) is 5.85. The standard InChI is InChI=1S/C18H18N8O/c27-18(11-25-13-23-14-4-1-2-5-15(14)25)20-8-7-19-16-10-17(22-12-21-16)26-9-3-6-24-26/h1-6,9-10,12-13H,7-8,11H2,(H,20,27)(H,19,21,22). The number of nitrogens with zero attached hydrogens (tertiary/aromatic N) is 6. The molecule has 0 aliphatic heterocycles. The van der Waals surface area contributed by atoms with E-state index in [0.717, 1.165) is 11.0 Å². The molecule has 1 aromatic carbocycles. The summed E-state index contributed by atoms with van der Waals surface area (Å²) >= 11 is 0. The van der Waals surface area contributed by atoms with Crippen LogP contribution in [0.15, 0.2) is 61.4 Å². The third-order valence-corrected chi connectivity index (χ3v) is 3.99. The molecule has 2 N–H and O–H groups in total. The summed E-state index contributed by atoms with van der Waals surface area (Å²) < 4.78 is 3.49. The lowest BCUT2D eigenvalue weighted by molar-refractivity contribution is -0.121. The summed E-state index contributed by atoms with van der Waals surface area (Å²) in [5.41, 5.74) is 1.82. The molecule has 0 spiro atoms. The summed E-state index contributed by atoms with van der Waals surface area (Å²) in [5, 5.41) is 10.2. The van der Waals surface area contributed by atoms with Crippen LogP contribution >= 0.6 is 0 Å². The number of imidazole rings is 1. The Labute approximate surface area is 155 Å². The van der Waals surface area contributed by atoms with E-state index in [1.54, 1.807) is 23.3 Å².